The van der Waals surface area contributed by atoms with Crippen LogP contribution in [0.5, 0.6) is 0 Å². The van der Waals surface area contributed by atoms with Crippen LogP contribution < -0.4 is 11.2 Å². The maximum atomic E-state index is 12.7. The van der Waals surface area contributed by atoms with Gasteiger partial charge in [-0.25, -0.2) is 4.79 Å². The SMILES string of the molecule is Cc1cn(C/C=C/C[PH](=O)C(OC(=O)C(C)(C)C)OC(=O)C(C)(C)C)c(=O)[nH]c1=O. The molecule has 0 radical (unpaired) electrons. The van der Waals surface area contributed by atoms with Crippen LogP contribution in [0.2, 0.25) is 0 Å². The molecule has 1 unspecified atom stereocenters. The highest BCUT2D eigenvalue weighted by Gasteiger charge is 2.34. The number of carbonyl (C=O) groups excluding carboxylic acids is 2. The molecule has 0 saturated heterocycles. The van der Waals surface area contributed by atoms with E-state index in [0.29, 0.717) is 5.56 Å². The van der Waals surface area contributed by atoms with E-state index in [4.69, 9.17) is 9.47 Å². The number of esters is 2. The maximum absolute atomic E-state index is 12.7. The van der Waals surface area contributed by atoms with Crippen LogP contribution in [0.3, 0.4) is 0 Å². The second-order valence-electron chi connectivity index (χ2n) is 9.01. The molecule has 1 heterocycles. The van der Waals surface area contributed by atoms with Crippen molar-refractivity contribution in [2.75, 3.05) is 6.16 Å². The van der Waals surface area contributed by atoms with Gasteiger partial charge in [-0.3, -0.25) is 23.9 Å². The molecule has 10 heteroatoms. The topological polar surface area (TPSA) is 125 Å². The molecule has 0 aliphatic carbocycles. The van der Waals surface area contributed by atoms with E-state index in [1.807, 2.05) is 0 Å². The van der Waals surface area contributed by atoms with Crippen LogP contribution in [0.1, 0.15) is 47.1 Å². The molecule has 9 nitrogen and oxygen atoms in total. The highest BCUT2D eigenvalue weighted by atomic mass is 31.1. The summed E-state index contributed by atoms with van der Waals surface area (Å²) in [6, 6.07) is -1.48. The fourth-order valence-corrected chi connectivity index (χ4v) is 3.01. The van der Waals surface area contributed by atoms with Gasteiger partial charge in [0.2, 0.25) is 0 Å². The van der Waals surface area contributed by atoms with E-state index in [-0.39, 0.29) is 12.7 Å². The number of aromatic amines is 1. The number of rotatable bonds is 7. The monoisotopic (exact) mass is 442 g/mol. The minimum atomic E-state index is -2.68. The molecule has 1 atom stereocenters. The Morgan fingerprint density at radius 3 is 2.03 bits per heavy atom. The van der Waals surface area contributed by atoms with Crippen LogP contribution in [0.4, 0.5) is 0 Å². The number of H-pyrrole nitrogens is 1. The van der Waals surface area contributed by atoms with Crippen molar-refractivity contribution in [3.63, 3.8) is 0 Å². The summed E-state index contributed by atoms with van der Waals surface area (Å²) in [5.41, 5.74) is -2.32. The number of nitrogens with zero attached hydrogens (tertiary/aromatic N) is 1. The summed E-state index contributed by atoms with van der Waals surface area (Å²) in [6.07, 6.45) is 4.57. The quantitative estimate of drug-likeness (QED) is 0.298. The summed E-state index contributed by atoms with van der Waals surface area (Å²) < 4.78 is 24.5. The number of ether oxygens (including phenoxy) is 2. The van der Waals surface area contributed by atoms with Gasteiger partial charge in [-0.15, -0.1) is 0 Å². The second-order valence-corrected chi connectivity index (χ2v) is 10.8. The molecular formula is C20H31N2O7P. The number of aromatic nitrogens is 2. The van der Waals surface area contributed by atoms with E-state index in [2.05, 4.69) is 4.98 Å². The normalized spacial score (nSPS) is 13.5. The Bertz CT molecular complexity index is 918. The summed E-state index contributed by atoms with van der Waals surface area (Å²) in [5.74, 6) is -1.27. The van der Waals surface area contributed by atoms with E-state index in [9.17, 15) is 23.7 Å². The van der Waals surface area contributed by atoms with Gasteiger partial charge in [0.15, 0.2) is 7.80 Å². The van der Waals surface area contributed by atoms with Gasteiger partial charge in [-0.1, -0.05) is 12.2 Å². The van der Waals surface area contributed by atoms with Crippen molar-refractivity contribution in [2.24, 2.45) is 10.8 Å². The van der Waals surface area contributed by atoms with Gasteiger partial charge in [-0.2, -0.15) is 0 Å². The highest BCUT2D eigenvalue weighted by molar-refractivity contribution is 7.45. The number of hydrogen-bond acceptors (Lipinski definition) is 7. The van der Waals surface area contributed by atoms with Gasteiger partial charge >= 0.3 is 17.6 Å². The zero-order valence-electron chi connectivity index (χ0n) is 18.5. The Labute approximate surface area is 176 Å². The molecular weight excluding hydrogens is 411 g/mol. The zero-order chi connectivity index (χ0) is 23.3. The van der Waals surface area contributed by atoms with Gasteiger partial charge in [0, 0.05) is 24.5 Å². The van der Waals surface area contributed by atoms with Gasteiger partial charge < -0.3 is 14.0 Å². The number of carbonyl (C=O) groups is 2. The standard InChI is InChI=1S/C20H31N2O7P/c1-13-12-22(17(26)21-14(13)23)10-8-9-11-30(27)18(28-15(24)19(2,3)4)29-16(25)20(5,6)7/h8-9,12,18,30H,10-11H2,1-7H3,(H,21,23,26)/b9-8+. The van der Waals surface area contributed by atoms with Gasteiger partial charge in [-0.05, 0) is 48.5 Å². The first-order chi connectivity index (χ1) is 13.6. The van der Waals surface area contributed by atoms with Gasteiger partial charge in [0.25, 0.3) is 11.6 Å². The minimum absolute atomic E-state index is 0.00126. The van der Waals surface area contributed by atoms with Crippen LogP contribution in [0.15, 0.2) is 27.9 Å². The number of allylic oxidation sites excluding steroid dienone is 2. The summed E-state index contributed by atoms with van der Waals surface area (Å²) in [5, 5.41) is 0. The molecule has 30 heavy (non-hydrogen) atoms. The third-order valence-electron chi connectivity index (χ3n) is 3.89. The number of nitrogens with one attached hydrogen (secondary N) is 1. The van der Waals surface area contributed by atoms with E-state index in [1.165, 1.54) is 10.8 Å². The van der Waals surface area contributed by atoms with E-state index in [1.54, 1.807) is 60.6 Å². The fourth-order valence-electron chi connectivity index (χ4n) is 1.94. The predicted molar refractivity (Wildman–Crippen MR) is 114 cm³/mol. The minimum Gasteiger partial charge on any atom is -0.418 e. The van der Waals surface area contributed by atoms with Crippen LogP contribution in [-0.4, -0.2) is 33.7 Å². The average molecular weight is 442 g/mol. The molecule has 0 aromatic carbocycles. The van der Waals surface area contributed by atoms with Crippen molar-refractivity contribution in [1.82, 2.24) is 9.55 Å². The third kappa shape index (κ3) is 7.78. The lowest BCUT2D eigenvalue weighted by Gasteiger charge is -2.25. The molecule has 1 aromatic heterocycles. The van der Waals surface area contributed by atoms with Crippen LogP contribution >= 0.6 is 7.80 Å². The Balaban J connectivity index is 2.88. The molecule has 0 saturated carbocycles. The summed E-state index contributed by atoms with van der Waals surface area (Å²) in [4.78, 5) is 49.8. The van der Waals surface area contributed by atoms with Crippen molar-refractivity contribution in [3.8, 4) is 0 Å². The lowest BCUT2D eigenvalue weighted by atomic mass is 9.97. The van der Waals surface area contributed by atoms with Crippen molar-refractivity contribution in [2.45, 2.75) is 61.0 Å². The molecule has 0 aliphatic rings. The van der Waals surface area contributed by atoms with Gasteiger partial charge in [0.05, 0.1) is 10.8 Å². The van der Waals surface area contributed by atoms with E-state index in [0.717, 1.165) is 0 Å². The lowest BCUT2D eigenvalue weighted by molar-refractivity contribution is -0.184. The largest absolute Gasteiger partial charge is 0.418 e. The molecule has 168 valence electrons. The van der Waals surface area contributed by atoms with Crippen molar-refractivity contribution in [3.05, 3.63) is 44.8 Å². The van der Waals surface area contributed by atoms with Crippen molar-refractivity contribution >= 4 is 19.7 Å². The first kappa shape index (κ1) is 25.6. The average Bonchev–Trinajstić information content (AvgIpc) is 2.60. The Morgan fingerprint density at radius 1 is 1.07 bits per heavy atom. The van der Waals surface area contributed by atoms with Gasteiger partial charge in [0.1, 0.15) is 0 Å². The summed E-state index contributed by atoms with van der Waals surface area (Å²) >= 11 is 0. The number of hydrogen-bond donors (Lipinski definition) is 1. The van der Waals surface area contributed by atoms with Crippen LogP contribution in [0, 0.1) is 17.8 Å². The molecule has 0 aliphatic heterocycles. The molecule has 0 spiro atoms. The summed E-state index contributed by atoms with van der Waals surface area (Å²) in [7, 11) is -2.68. The third-order valence-corrected chi connectivity index (χ3v) is 5.29. The summed E-state index contributed by atoms with van der Waals surface area (Å²) in [6.45, 7) is 11.6. The molecule has 0 bridgehead atoms. The molecule has 1 N–H and O–H groups in total. The fraction of sp³-hybridized carbons (Fsp3) is 0.600. The first-order valence-electron chi connectivity index (χ1n) is 9.53. The molecule has 0 fully saturated rings. The second kappa shape index (κ2) is 10.1. The lowest BCUT2D eigenvalue weighted by Crippen LogP contribution is -2.33. The van der Waals surface area contributed by atoms with E-state index >= 15 is 0 Å². The molecule has 0 amide bonds. The Kier molecular flexibility index (Phi) is 8.60. The highest BCUT2D eigenvalue weighted by Crippen LogP contribution is 2.34. The molecule has 1 rings (SSSR count). The van der Waals surface area contributed by atoms with Crippen molar-refractivity contribution in [1.29, 1.82) is 0 Å². The van der Waals surface area contributed by atoms with Crippen LogP contribution in [-0.2, 0) is 30.2 Å². The van der Waals surface area contributed by atoms with Crippen molar-refractivity contribution < 1.29 is 23.6 Å². The van der Waals surface area contributed by atoms with E-state index < -0.39 is 47.8 Å². The first-order valence-corrected chi connectivity index (χ1v) is 11.2. The van der Waals surface area contributed by atoms with Crippen LogP contribution in [0.25, 0.3) is 0 Å². The Hall–Kier alpha value is -2.41. The molecule has 1 aromatic rings. The smallest absolute Gasteiger partial charge is 0.328 e. The maximum Gasteiger partial charge on any atom is 0.328 e. The predicted octanol–water partition coefficient (Wildman–Crippen LogP) is 2.42. The zero-order valence-corrected chi connectivity index (χ0v) is 19.5. The Morgan fingerprint density at radius 2 is 1.57 bits per heavy atom. The number of aryl methyl sites for hydroxylation is 1.